The van der Waals surface area contributed by atoms with Gasteiger partial charge in [-0.3, -0.25) is 4.79 Å². The highest BCUT2D eigenvalue weighted by atomic mass is 16.5. The summed E-state index contributed by atoms with van der Waals surface area (Å²) in [5.41, 5.74) is 4.74. The second-order valence-electron chi connectivity index (χ2n) is 6.53. The average molecular weight is 360 g/mol. The van der Waals surface area contributed by atoms with E-state index in [1.165, 1.54) is 5.56 Å². The molecule has 1 unspecified atom stereocenters. The summed E-state index contributed by atoms with van der Waals surface area (Å²) in [5, 5.41) is 6.28. The van der Waals surface area contributed by atoms with E-state index in [1.54, 1.807) is 6.21 Å². The van der Waals surface area contributed by atoms with Gasteiger partial charge >= 0.3 is 0 Å². The molecule has 0 saturated heterocycles. The number of benzene rings is 3. The van der Waals surface area contributed by atoms with Crippen molar-refractivity contribution in [2.75, 3.05) is 6.61 Å². The van der Waals surface area contributed by atoms with E-state index in [9.17, 15) is 4.79 Å². The van der Waals surface area contributed by atoms with E-state index in [0.29, 0.717) is 11.7 Å². The Hall–Kier alpha value is -3.14. The van der Waals surface area contributed by atoms with Gasteiger partial charge in [0.1, 0.15) is 5.75 Å². The first-order valence-corrected chi connectivity index (χ1v) is 9.20. The SMILES string of the molecule is CCC(C)c1ccc(OCC(=O)N/N=C/c2cccc3ccccc23)cc1. The first kappa shape index (κ1) is 18.6. The molecule has 0 heterocycles. The molecule has 0 aliphatic heterocycles. The van der Waals surface area contributed by atoms with Crippen LogP contribution in [0.3, 0.4) is 0 Å². The van der Waals surface area contributed by atoms with Crippen molar-refractivity contribution in [1.82, 2.24) is 5.43 Å². The molecule has 0 aliphatic carbocycles. The molecular formula is C23H24N2O2. The van der Waals surface area contributed by atoms with Gasteiger partial charge in [0.05, 0.1) is 6.21 Å². The Bertz CT molecular complexity index is 927. The van der Waals surface area contributed by atoms with E-state index >= 15 is 0 Å². The van der Waals surface area contributed by atoms with Crippen LogP contribution in [0.1, 0.15) is 37.3 Å². The lowest BCUT2D eigenvalue weighted by molar-refractivity contribution is -0.123. The number of nitrogens with one attached hydrogen (secondary N) is 1. The number of rotatable bonds is 7. The fourth-order valence-electron chi connectivity index (χ4n) is 2.85. The van der Waals surface area contributed by atoms with E-state index in [1.807, 2.05) is 66.7 Å². The Morgan fingerprint density at radius 3 is 2.59 bits per heavy atom. The number of carbonyl (C=O) groups excluding carboxylic acids is 1. The fourth-order valence-corrected chi connectivity index (χ4v) is 2.85. The minimum Gasteiger partial charge on any atom is -0.484 e. The molecule has 1 N–H and O–H groups in total. The lowest BCUT2D eigenvalue weighted by Crippen LogP contribution is -2.24. The number of amides is 1. The van der Waals surface area contributed by atoms with Gasteiger partial charge in [-0.05, 0) is 40.8 Å². The van der Waals surface area contributed by atoms with Crippen LogP contribution in [0.4, 0.5) is 0 Å². The third kappa shape index (κ3) is 4.94. The van der Waals surface area contributed by atoms with Gasteiger partial charge in [0.25, 0.3) is 5.91 Å². The molecule has 0 aromatic heterocycles. The molecule has 4 nitrogen and oxygen atoms in total. The zero-order valence-corrected chi connectivity index (χ0v) is 15.7. The minimum absolute atomic E-state index is 0.0739. The standard InChI is InChI=1S/C23H24N2O2/c1-3-17(2)18-11-13-21(14-12-18)27-16-23(26)25-24-15-20-9-6-8-19-7-4-5-10-22(19)20/h4-15,17H,3,16H2,1-2H3,(H,25,26)/b24-15+. The van der Waals surface area contributed by atoms with Gasteiger partial charge in [0.15, 0.2) is 6.61 Å². The highest BCUT2D eigenvalue weighted by Crippen LogP contribution is 2.21. The molecule has 3 aromatic carbocycles. The predicted molar refractivity (Wildman–Crippen MR) is 110 cm³/mol. The van der Waals surface area contributed by atoms with E-state index in [4.69, 9.17) is 4.74 Å². The lowest BCUT2D eigenvalue weighted by Gasteiger charge is -2.10. The smallest absolute Gasteiger partial charge is 0.277 e. The lowest BCUT2D eigenvalue weighted by atomic mass is 9.99. The number of hydrazone groups is 1. The van der Waals surface area contributed by atoms with Crippen molar-refractivity contribution in [3.05, 3.63) is 77.9 Å². The Morgan fingerprint density at radius 2 is 1.81 bits per heavy atom. The summed E-state index contributed by atoms with van der Waals surface area (Å²) < 4.78 is 5.52. The second-order valence-corrected chi connectivity index (χ2v) is 6.53. The van der Waals surface area contributed by atoms with Gasteiger partial charge in [-0.25, -0.2) is 5.43 Å². The van der Waals surface area contributed by atoms with Crippen LogP contribution in [0.15, 0.2) is 71.8 Å². The molecule has 0 spiro atoms. The number of hydrogen-bond donors (Lipinski definition) is 1. The second kappa shape index (κ2) is 8.99. The molecule has 0 bridgehead atoms. The molecule has 3 rings (SSSR count). The fraction of sp³-hybridized carbons (Fsp3) is 0.217. The maximum Gasteiger partial charge on any atom is 0.277 e. The van der Waals surface area contributed by atoms with Crippen LogP contribution < -0.4 is 10.2 Å². The Kier molecular flexibility index (Phi) is 6.21. The van der Waals surface area contributed by atoms with Crippen molar-refractivity contribution in [3.63, 3.8) is 0 Å². The summed E-state index contributed by atoms with van der Waals surface area (Å²) in [4.78, 5) is 11.9. The van der Waals surface area contributed by atoms with Crippen LogP contribution in [-0.2, 0) is 4.79 Å². The number of nitrogens with zero attached hydrogens (tertiary/aromatic N) is 1. The van der Waals surface area contributed by atoms with E-state index in [0.717, 1.165) is 22.8 Å². The van der Waals surface area contributed by atoms with Crippen LogP contribution in [0.5, 0.6) is 5.75 Å². The normalized spacial score (nSPS) is 12.2. The van der Waals surface area contributed by atoms with Crippen molar-refractivity contribution < 1.29 is 9.53 Å². The molecule has 0 fully saturated rings. The Balaban J connectivity index is 1.53. The van der Waals surface area contributed by atoms with Crippen LogP contribution >= 0.6 is 0 Å². The third-order valence-electron chi connectivity index (χ3n) is 4.65. The molecule has 27 heavy (non-hydrogen) atoms. The van der Waals surface area contributed by atoms with Crippen LogP contribution in [0.2, 0.25) is 0 Å². The first-order chi connectivity index (χ1) is 13.2. The summed E-state index contributed by atoms with van der Waals surface area (Å²) >= 11 is 0. The van der Waals surface area contributed by atoms with Crippen LogP contribution in [-0.4, -0.2) is 18.7 Å². The highest BCUT2D eigenvalue weighted by Gasteiger charge is 2.05. The summed E-state index contributed by atoms with van der Waals surface area (Å²) in [6.07, 6.45) is 2.75. The third-order valence-corrected chi connectivity index (χ3v) is 4.65. The monoisotopic (exact) mass is 360 g/mol. The van der Waals surface area contributed by atoms with Crippen molar-refractivity contribution in [1.29, 1.82) is 0 Å². The summed E-state index contributed by atoms with van der Waals surface area (Å²) in [6.45, 7) is 4.28. The topological polar surface area (TPSA) is 50.7 Å². The van der Waals surface area contributed by atoms with E-state index in [-0.39, 0.29) is 12.5 Å². The number of hydrogen-bond acceptors (Lipinski definition) is 3. The highest BCUT2D eigenvalue weighted by molar-refractivity contribution is 5.99. The van der Waals surface area contributed by atoms with Crippen molar-refractivity contribution in [3.8, 4) is 5.75 Å². The molecule has 0 aliphatic rings. The van der Waals surface area contributed by atoms with Crippen LogP contribution in [0, 0.1) is 0 Å². The van der Waals surface area contributed by atoms with Crippen molar-refractivity contribution >= 4 is 22.9 Å². The van der Waals surface area contributed by atoms with E-state index in [2.05, 4.69) is 24.4 Å². The van der Waals surface area contributed by atoms with Gasteiger partial charge in [0.2, 0.25) is 0 Å². The molecule has 0 radical (unpaired) electrons. The quantitative estimate of drug-likeness (QED) is 0.482. The first-order valence-electron chi connectivity index (χ1n) is 9.20. The molecule has 1 amide bonds. The summed E-state index contributed by atoms with van der Waals surface area (Å²) in [6, 6.07) is 21.9. The predicted octanol–water partition coefficient (Wildman–Crippen LogP) is 4.88. The van der Waals surface area contributed by atoms with Crippen molar-refractivity contribution in [2.45, 2.75) is 26.2 Å². The van der Waals surface area contributed by atoms with Gasteiger partial charge in [0, 0.05) is 5.56 Å². The van der Waals surface area contributed by atoms with E-state index < -0.39 is 0 Å². The molecule has 1 atom stereocenters. The zero-order chi connectivity index (χ0) is 19.1. The summed E-state index contributed by atoms with van der Waals surface area (Å²) in [7, 11) is 0. The Morgan fingerprint density at radius 1 is 1.07 bits per heavy atom. The summed E-state index contributed by atoms with van der Waals surface area (Å²) in [5.74, 6) is 0.901. The minimum atomic E-state index is -0.294. The number of carbonyl (C=O) groups is 1. The van der Waals surface area contributed by atoms with Crippen molar-refractivity contribution in [2.24, 2.45) is 5.10 Å². The maximum absolute atomic E-state index is 11.9. The molecule has 4 heteroatoms. The molecular weight excluding hydrogens is 336 g/mol. The Labute approximate surface area is 159 Å². The largest absolute Gasteiger partial charge is 0.484 e. The molecule has 0 saturated carbocycles. The average Bonchev–Trinajstić information content (AvgIpc) is 2.72. The zero-order valence-electron chi connectivity index (χ0n) is 15.7. The number of fused-ring (bicyclic) bond motifs is 1. The van der Waals surface area contributed by atoms with Gasteiger partial charge in [-0.15, -0.1) is 0 Å². The van der Waals surface area contributed by atoms with Gasteiger partial charge in [-0.2, -0.15) is 5.10 Å². The van der Waals surface area contributed by atoms with Gasteiger partial charge in [-0.1, -0.05) is 68.4 Å². The maximum atomic E-state index is 11.9. The van der Waals surface area contributed by atoms with Crippen LogP contribution in [0.25, 0.3) is 10.8 Å². The molecule has 3 aromatic rings. The van der Waals surface area contributed by atoms with Gasteiger partial charge < -0.3 is 4.74 Å². The number of ether oxygens (including phenoxy) is 1. The molecule has 138 valence electrons.